The van der Waals surface area contributed by atoms with Crippen LogP contribution in [0.1, 0.15) is 44.9 Å². The molecule has 0 unspecified atom stereocenters. The van der Waals surface area contributed by atoms with Gasteiger partial charge in [-0.25, -0.2) is 0 Å². The third-order valence-corrected chi connectivity index (χ3v) is 3.82. The highest BCUT2D eigenvalue weighted by Gasteiger charge is 2.14. The minimum absolute atomic E-state index is 0.219. The van der Waals surface area contributed by atoms with Crippen molar-refractivity contribution in [2.75, 3.05) is 19.6 Å². The van der Waals surface area contributed by atoms with Crippen LogP contribution in [0.5, 0.6) is 0 Å². The van der Waals surface area contributed by atoms with Crippen LogP contribution in [0.25, 0.3) is 0 Å². The molecule has 17 heavy (non-hydrogen) atoms. The lowest BCUT2D eigenvalue weighted by atomic mass is 9.96. The normalized spacial score (nSPS) is 22.0. The number of piperidine rings is 1. The fourth-order valence-electron chi connectivity index (χ4n) is 2.68. The molecule has 96 valence electrons. The van der Waals surface area contributed by atoms with Crippen LogP contribution < -0.4 is 10.6 Å². The van der Waals surface area contributed by atoms with E-state index >= 15 is 0 Å². The van der Waals surface area contributed by atoms with E-state index in [9.17, 15) is 4.79 Å². The summed E-state index contributed by atoms with van der Waals surface area (Å²) in [4.78, 5) is 11.8. The Bertz CT molecular complexity index is 280. The van der Waals surface area contributed by atoms with Gasteiger partial charge in [0.2, 0.25) is 5.91 Å². The lowest BCUT2D eigenvalue weighted by Crippen LogP contribution is -2.36. The summed E-state index contributed by atoms with van der Waals surface area (Å²) in [6.45, 7) is 3.07. The predicted octanol–water partition coefficient (Wildman–Crippen LogP) is 1.99. The Morgan fingerprint density at radius 2 is 2.18 bits per heavy atom. The summed E-state index contributed by atoms with van der Waals surface area (Å²) >= 11 is 0. The van der Waals surface area contributed by atoms with E-state index in [-0.39, 0.29) is 5.91 Å². The lowest BCUT2D eigenvalue weighted by molar-refractivity contribution is -0.120. The first kappa shape index (κ1) is 12.6. The molecule has 1 heterocycles. The van der Waals surface area contributed by atoms with Gasteiger partial charge in [0.15, 0.2) is 0 Å². The van der Waals surface area contributed by atoms with Crippen molar-refractivity contribution in [3.05, 3.63) is 11.6 Å². The van der Waals surface area contributed by atoms with E-state index in [4.69, 9.17) is 0 Å². The number of carbonyl (C=O) groups excluding carboxylic acids is 1. The zero-order valence-electron chi connectivity index (χ0n) is 10.6. The van der Waals surface area contributed by atoms with Gasteiger partial charge < -0.3 is 10.6 Å². The summed E-state index contributed by atoms with van der Waals surface area (Å²) in [6.07, 6.45) is 10.1. The first-order valence-electron chi connectivity index (χ1n) is 7.00. The Labute approximate surface area is 104 Å². The predicted molar refractivity (Wildman–Crippen MR) is 69.8 cm³/mol. The number of amides is 1. The molecule has 3 heteroatoms. The number of allylic oxidation sites excluding steroid dienone is 1. The first-order valence-corrected chi connectivity index (χ1v) is 7.00. The number of hydrogen-bond donors (Lipinski definition) is 2. The molecule has 0 aromatic carbocycles. The molecule has 0 aromatic rings. The minimum atomic E-state index is 0.219. The second-order valence-electron chi connectivity index (χ2n) is 5.28. The van der Waals surface area contributed by atoms with Gasteiger partial charge >= 0.3 is 0 Å². The maximum Gasteiger partial charge on any atom is 0.224 e. The molecule has 1 saturated heterocycles. The molecule has 1 aliphatic carbocycles. The van der Waals surface area contributed by atoms with E-state index in [0.29, 0.717) is 12.3 Å². The van der Waals surface area contributed by atoms with Crippen LogP contribution in [-0.2, 0) is 4.79 Å². The van der Waals surface area contributed by atoms with Gasteiger partial charge in [-0.15, -0.1) is 0 Å². The maximum absolute atomic E-state index is 11.8. The summed E-state index contributed by atoms with van der Waals surface area (Å²) in [5, 5.41) is 6.44. The van der Waals surface area contributed by atoms with Gasteiger partial charge in [0.1, 0.15) is 0 Å². The van der Waals surface area contributed by atoms with Crippen molar-refractivity contribution in [2.45, 2.75) is 44.9 Å². The SMILES string of the molecule is O=C(CC1=CCCCC1)NCC1CCNCC1. The van der Waals surface area contributed by atoms with Crippen LogP contribution in [0.4, 0.5) is 0 Å². The lowest BCUT2D eigenvalue weighted by Gasteiger charge is -2.23. The van der Waals surface area contributed by atoms with Crippen LogP contribution in [0.2, 0.25) is 0 Å². The van der Waals surface area contributed by atoms with Crippen LogP contribution in [0.3, 0.4) is 0 Å². The summed E-state index contributed by atoms with van der Waals surface area (Å²) in [5.41, 5.74) is 1.35. The topological polar surface area (TPSA) is 41.1 Å². The molecular weight excluding hydrogens is 212 g/mol. The average Bonchev–Trinajstić information content (AvgIpc) is 2.39. The van der Waals surface area contributed by atoms with Gasteiger partial charge in [-0.3, -0.25) is 4.79 Å². The second-order valence-corrected chi connectivity index (χ2v) is 5.28. The Hall–Kier alpha value is -0.830. The van der Waals surface area contributed by atoms with Gasteiger partial charge in [-0.05, 0) is 57.5 Å². The van der Waals surface area contributed by atoms with E-state index in [1.165, 1.54) is 31.3 Å². The Morgan fingerprint density at radius 3 is 2.88 bits per heavy atom. The zero-order valence-corrected chi connectivity index (χ0v) is 10.6. The largest absolute Gasteiger partial charge is 0.356 e. The third kappa shape index (κ3) is 4.50. The smallest absolute Gasteiger partial charge is 0.224 e. The molecule has 0 saturated carbocycles. The molecule has 1 amide bonds. The molecule has 1 fully saturated rings. The molecule has 0 atom stereocenters. The Morgan fingerprint density at radius 1 is 1.35 bits per heavy atom. The average molecular weight is 236 g/mol. The zero-order chi connectivity index (χ0) is 11.9. The maximum atomic E-state index is 11.8. The molecule has 0 radical (unpaired) electrons. The van der Waals surface area contributed by atoms with E-state index < -0.39 is 0 Å². The van der Waals surface area contributed by atoms with Crippen molar-refractivity contribution >= 4 is 5.91 Å². The fourth-order valence-corrected chi connectivity index (χ4v) is 2.68. The van der Waals surface area contributed by atoms with Crippen molar-refractivity contribution in [3.63, 3.8) is 0 Å². The summed E-state index contributed by atoms with van der Waals surface area (Å²) in [7, 11) is 0. The molecule has 1 aliphatic heterocycles. The highest BCUT2D eigenvalue weighted by molar-refractivity contribution is 5.78. The van der Waals surface area contributed by atoms with Gasteiger partial charge in [0.25, 0.3) is 0 Å². The van der Waals surface area contributed by atoms with Crippen LogP contribution in [-0.4, -0.2) is 25.5 Å². The molecule has 0 aromatic heterocycles. The van der Waals surface area contributed by atoms with Gasteiger partial charge in [-0.2, -0.15) is 0 Å². The van der Waals surface area contributed by atoms with Crippen LogP contribution in [0.15, 0.2) is 11.6 Å². The standard InChI is InChI=1S/C14H24N2O/c17-14(10-12-4-2-1-3-5-12)16-11-13-6-8-15-9-7-13/h4,13,15H,1-3,5-11H2,(H,16,17). The third-order valence-electron chi connectivity index (χ3n) is 3.82. The first-order chi connectivity index (χ1) is 8.34. The van der Waals surface area contributed by atoms with Crippen molar-refractivity contribution in [2.24, 2.45) is 5.92 Å². The quantitative estimate of drug-likeness (QED) is 0.733. The number of nitrogens with one attached hydrogen (secondary N) is 2. The molecular formula is C14H24N2O. The van der Waals surface area contributed by atoms with Crippen molar-refractivity contribution in [3.8, 4) is 0 Å². The second kappa shape index (κ2) is 6.80. The number of carbonyl (C=O) groups is 1. The monoisotopic (exact) mass is 236 g/mol. The number of hydrogen-bond acceptors (Lipinski definition) is 2. The van der Waals surface area contributed by atoms with Crippen molar-refractivity contribution in [1.29, 1.82) is 0 Å². The van der Waals surface area contributed by atoms with Crippen LogP contribution >= 0.6 is 0 Å². The van der Waals surface area contributed by atoms with Crippen LogP contribution in [0, 0.1) is 5.92 Å². The van der Waals surface area contributed by atoms with Gasteiger partial charge in [-0.1, -0.05) is 11.6 Å². The minimum Gasteiger partial charge on any atom is -0.356 e. The highest BCUT2D eigenvalue weighted by atomic mass is 16.1. The molecule has 2 rings (SSSR count). The highest BCUT2D eigenvalue weighted by Crippen LogP contribution is 2.19. The van der Waals surface area contributed by atoms with Crippen molar-refractivity contribution < 1.29 is 4.79 Å². The van der Waals surface area contributed by atoms with Gasteiger partial charge in [0, 0.05) is 13.0 Å². The summed E-state index contributed by atoms with van der Waals surface area (Å²) < 4.78 is 0. The molecule has 0 spiro atoms. The molecule has 0 bridgehead atoms. The van der Waals surface area contributed by atoms with E-state index in [2.05, 4.69) is 16.7 Å². The fraction of sp³-hybridized carbons (Fsp3) is 0.786. The Kier molecular flexibility index (Phi) is 5.05. The summed E-state index contributed by atoms with van der Waals surface area (Å²) in [6, 6.07) is 0. The van der Waals surface area contributed by atoms with E-state index in [1.54, 1.807) is 0 Å². The van der Waals surface area contributed by atoms with E-state index in [1.807, 2.05) is 0 Å². The molecule has 2 N–H and O–H groups in total. The van der Waals surface area contributed by atoms with Crippen molar-refractivity contribution in [1.82, 2.24) is 10.6 Å². The number of rotatable bonds is 4. The van der Waals surface area contributed by atoms with Gasteiger partial charge in [0.05, 0.1) is 0 Å². The molecule has 2 aliphatic rings. The molecule has 3 nitrogen and oxygen atoms in total. The summed E-state index contributed by atoms with van der Waals surface area (Å²) in [5.74, 6) is 0.900. The van der Waals surface area contributed by atoms with E-state index in [0.717, 1.165) is 32.5 Å². The Balaban J connectivity index is 1.64.